The fraction of sp³-hybridized carbons (Fsp3) is 0.900. The zero-order valence-electron chi connectivity index (χ0n) is 7.77. The highest BCUT2D eigenvalue weighted by Crippen LogP contribution is 3.06. The summed E-state index contributed by atoms with van der Waals surface area (Å²) in [5.41, 5.74) is 6.31. The van der Waals surface area contributed by atoms with Gasteiger partial charge < -0.3 is 10.5 Å². The molecule has 76 valence electrons. The Labute approximate surface area is 87.8 Å². The first kappa shape index (κ1) is 7.94. The number of methoxy groups -OCH3 is 1. The van der Waals surface area contributed by atoms with Gasteiger partial charge >= 0.3 is 5.97 Å². The molecule has 6 rings (SSSR count). The SMILES string of the molecule is COC(=O)C12C3[C@@H]4C5[C@H]3[C@H]1C5(N)[C@@H]42.Cl. The van der Waals surface area contributed by atoms with Gasteiger partial charge in [0.2, 0.25) is 0 Å². The molecular weight excluding hydrogens is 202 g/mol. The number of nitrogens with two attached hydrogens (primary N) is 1. The minimum Gasteiger partial charge on any atom is -0.469 e. The van der Waals surface area contributed by atoms with Crippen molar-refractivity contribution in [2.45, 2.75) is 5.54 Å². The second-order valence-corrected chi connectivity index (χ2v) is 5.59. The molecule has 0 amide bonds. The van der Waals surface area contributed by atoms with E-state index in [4.69, 9.17) is 10.5 Å². The number of halogens is 1. The first-order valence-electron chi connectivity index (χ1n) is 5.09. The quantitative estimate of drug-likeness (QED) is 0.626. The van der Waals surface area contributed by atoms with Crippen LogP contribution in [-0.2, 0) is 9.53 Å². The highest BCUT2D eigenvalue weighted by atomic mass is 35.5. The van der Waals surface area contributed by atoms with Gasteiger partial charge in [-0.05, 0) is 35.5 Å². The molecule has 6 aliphatic carbocycles. The molecule has 4 heteroatoms. The lowest BCUT2D eigenvalue weighted by atomic mass is 8.94. The van der Waals surface area contributed by atoms with Crippen molar-refractivity contribution < 1.29 is 9.53 Å². The lowest BCUT2D eigenvalue weighted by Gasteiger charge is -3.09. The number of carbonyl (C=O) groups is 1. The highest BCUT2D eigenvalue weighted by molar-refractivity contribution is 5.89. The summed E-state index contributed by atoms with van der Waals surface area (Å²) in [4.78, 5) is 11.7. The van der Waals surface area contributed by atoms with E-state index in [0.29, 0.717) is 17.8 Å². The average Bonchev–Trinajstić information content (AvgIpc) is 2.15. The lowest BCUT2D eigenvalue weighted by molar-refractivity contribution is -0.604. The summed E-state index contributed by atoms with van der Waals surface area (Å²) in [5.74, 6) is 4.27. The van der Waals surface area contributed by atoms with Crippen molar-refractivity contribution in [3.8, 4) is 0 Å². The molecule has 0 radical (unpaired) electrons. The molecule has 8 atom stereocenters. The van der Waals surface area contributed by atoms with Crippen LogP contribution in [0.15, 0.2) is 0 Å². The van der Waals surface area contributed by atoms with Gasteiger partial charge in [-0.3, -0.25) is 4.79 Å². The van der Waals surface area contributed by atoms with Gasteiger partial charge in [0, 0.05) is 5.54 Å². The van der Waals surface area contributed by atoms with Crippen molar-refractivity contribution >= 4 is 18.4 Å². The Morgan fingerprint density at radius 2 is 1.86 bits per heavy atom. The second-order valence-electron chi connectivity index (χ2n) is 5.59. The molecule has 6 fully saturated rings. The van der Waals surface area contributed by atoms with Crippen molar-refractivity contribution in [3.05, 3.63) is 0 Å². The zero-order valence-corrected chi connectivity index (χ0v) is 8.58. The third-order valence-electron chi connectivity index (χ3n) is 6.20. The predicted molar refractivity (Wildman–Crippen MR) is 49.6 cm³/mol. The molecule has 0 bridgehead atoms. The Kier molecular flexibility index (Phi) is 0.872. The summed E-state index contributed by atoms with van der Waals surface area (Å²) in [6, 6.07) is 0. The molecule has 14 heavy (non-hydrogen) atoms. The van der Waals surface area contributed by atoms with Crippen molar-refractivity contribution in [1.82, 2.24) is 0 Å². The van der Waals surface area contributed by atoms with Crippen molar-refractivity contribution in [2.24, 2.45) is 46.7 Å². The van der Waals surface area contributed by atoms with Gasteiger partial charge in [-0.2, -0.15) is 0 Å². The van der Waals surface area contributed by atoms with Gasteiger partial charge in [-0.1, -0.05) is 0 Å². The first-order chi connectivity index (χ1) is 6.21. The molecular formula is C10H12ClNO2. The molecule has 0 aliphatic heterocycles. The molecule has 0 aromatic heterocycles. The molecule has 0 saturated heterocycles. The second kappa shape index (κ2) is 1.54. The zero-order chi connectivity index (χ0) is 8.75. The Morgan fingerprint density at radius 1 is 1.29 bits per heavy atom. The third kappa shape index (κ3) is 0.294. The van der Waals surface area contributed by atoms with Crippen molar-refractivity contribution in [2.75, 3.05) is 7.11 Å². The van der Waals surface area contributed by atoms with Crippen LogP contribution >= 0.6 is 12.4 Å². The van der Waals surface area contributed by atoms with Crippen LogP contribution in [0.3, 0.4) is 0 Å². The molecule has 0 aromatic carbocycles. The topological polar surface area (TPSA) is 52.3 Å². The number of rotatable bonds is 1. The summed E-state index contributed by atoms with van der Waals surface area (Å²) in [5, 5.41) is 0. The molecule has 6 saturated carbocycles. The predicted octanol–water partition coefficient (Wildman–Crippen LogP) is 0.0303. The fourth-order valence-electron chi connectivity index (χ4n) is 6.29. The van der Waals surface area contributed by atoms with E-state index in [1.54, 1.807) is 0 Å². The minimum atomic E-state index is -0.0480. The van der Waals surface area contributed by atoms with Gasteiger partial charge in [-0.15, -0.1) is 12.4 Å². The maximum absolute atomic E-state index is 11.7. The van der Waals surface area contributed by atoms with Gasteiger partial charge in [0.05, 0.1) is 12.5 Å². The summed E-state index contributed by atoms with van der Waals surface area (Å²) < 4.78 is 4.91. The van der Waals surface area contributed by atoms with E-state index in [1.807, 2.05) is 0 Å². The van der Waals surface area contributed by atoms with E-state index < -0.39 is 0 Å². The molecule has 0 aromatic rings. The average molecular weight is 214 g/mol. The largest absolute Gasteiger partial charge is 0.469 e. The Hall–Kier alpha value is -0.280. The van der Waals surface area contributed by atoms with Gasteiger partial charge in [0.15, 0.2) is 0 Å². The van der Waals surface area contributed by atoms with Crippen LogP contribution < -0.4 is 5.73 Å². The lowest BCUT2D eigenvalue weighted by Crippen LogP contribution is -3.16. The normalized spacial score (nSPS) is 76.1. The van der Waals surface area contributed by atoms with E-state index in [9.17, 15) is 4.79 Å². The van der Waals surface area contributed by atoms with Crippen LogP contribution in [-0.4, -0.2) is 18.6 Å². The van der Waals surface area contributed by atoms with Crippen LogP contribution in [0.1, 0.15) is 0 Å². The van der Waals surface area contributed by atoms with Crippen molar-refractivity contribution in [3.63, 3.8) is 0 Å². The summed E-state index contributed by atoms with van der Waals surface area (Å²) in [7, 11) is 1.51. The van der Waals surface area contributed by atoms with E-state index in [-0.39, 0.29) is 29.3 Å². The number of carbonyl (C=O) groups excluding carboxylic acids is 1. The maximum Gasteiger partial charge on any atom is 0.312 e. The van der Waals surface area contributed by atoms with E-state index >= 15 is 0 Å². The molecule has 3 nitrogen and oxygen atoms in total. The van der Waals surface area contributed by atoms with Crippen LogP contribution in [0.4, 0.5) is 0 Å². The molecule has 0 spiro atoms. The fourth-order valence-corrected chi connectivity index (χ4v) is 6.29. The van der Waals surface area contributed by atoms with Gasteiger partial charge in [-0.25, -0.2) is 0 Å². The minimum absolute atomic E-state index is 0. The van der Waals surface area contributed by atoms with Crippen LogP contribution in [0.25, 0.3) is 0 Å². The van der Waals surface area contributed by atoms with E-state index in [2.05, 4.69) is 0 Å². The number of esters is 1. The number of hydrogen-bond acceptors (Lipinski definition) is 3. The smallest absolute Gasteiger partial charge is 0.312 e. The third-order valence-corrected chi connectivity index (χ3v) is 6.20. The molecule has 0 heterocycles. The molecule has 2 N–H and O–H groups in total. The monoisotopic (exact) mass is 213 g/mol. The summed E-state index contributed by atoms with van der Waals surface area (Å²) in [6.07, 6.45) is 0. The first-order valence-corrected chi connectivity index (χ1v) is 5.09. The summed E-state index contributed by atoms with van der Waals surface area (Å²) >= 11 is 0. The van der Waals surface area contributed by atoms with Gasteiger partial charge in [0.25, 0.3) is 0 Å². The van der Waals surface area contributed by atoms with Crippen molar-refractivity contribution in [1.29, 1.82) is 0 Å². The molecule has 6 aliphatic rings. The Balaban J connectivity index is 0.000000578. The highest BCUT2D eigenvalue weighted by Gasteiger charge is 3.11. The van der Waals surface area contributed by atoms with Crippen LogP contribution in [0.5, 0.6) is 0 Å². The van der Waals surface area contributed by atoms with E-state index in [1.165, 1.54) is 7.11 Å². The number of hydrogen-bond donors (Lipinski definition) is 1. The maximum atomic E-state index is 11.7. The standard InChI is InChI=1S/C10H11NO2.ClH/c1-13-8(12)9-4-2-5-3(4)7(9)10(5,11)6(2)9;/h2-7H,11H2,1H3;1H/t2-,3+,4?,5?,6+,7-,9?,10?;. The van der Waals surface area contributed by atoms with E-state index in [0.717, 1.165) is 17.8 Å². The molecule has 4 unspecified atom stereocenters. The van der Waals surface area contributed by atoms with Gasteiger partial charge in [0.1, 0.15) is 0 Å². The Morgan fingerprint density at radius 3 is 2.29 bits per heavy atom. The summed E-state index contributed by atoms with van der Waals surface area (Å²) in [6.45, 7) is 0. The number of ether oxygens (including phenoxy) is 1. The Bertz CT molecular complexity index is 376. The van der Waals surface area contributed by atoms with Crippen LogP contribution in [0, 0.1) is 40.9 Å². The van der Waals surface area contributed by atoms with Crippen LogP contribution in [0.2, 0.25) is 0 Å².